The van der Waals surface area contributed by atoms with Gasteiger partial charge in [-0.05, 0) is 31.2 Å². The molecule has 1 N–H and O–H groups in total. The molecule has 2 rings (SSSR count). The van der Waals surface area contributed by atoms with Crippen LogP contribution in [0.5, 0.6) is 0 Å². The van der Waals surface area contributed by atoms with Crippen LogP contribution in [-0.4, -0.2) is 20.1 Å². The van der Waals surface area contributed by atoms with E-state index in [1.807, 2.05) is 25.1 Å². The fourth-order valence-electron chi connectivity index (χ4n) is 2.03. The lowest BCUT2D eigenvalue weighted by Gasteiger charge is -2.13. The fraction of sp³-hybridized carbons (Fsp3) is 0.235. The minimum Gasteiger partial charge on any atom is -0.326 e. The molecular weight excluding hydrogens is 298 g/mol. The molecule has 1 unspecified atom stereocenters. The second kappa shape index (κ2) is 6.75. The van der Waals surface area contributed by atoms with Gasteiger partial charge in [0.05, 0.1) is 10.6 Å². The van der Waals surface area contributed by atoms with Crippen LogP contribution >= 0.6 is 0 Å². The van der Waals surface area contributed by atoms with Gasteiger partial charge < -0.3 is 5.32 Å². The molecule has 22 heavy (non-hydrogen) atoms. The Balaban J connectivity index is 2.05. The van der Waals surface area contributed by atoms with Crippen LogP contribution in [-0.2, 0) is 14.6 Å². The molecule has 0 aliphatic carbocycles. The molecule has 1 atom stereocenters. The number of carbonyl (C=O) groups excluding carboxylic acids is 1. The molecule has 0 aliphatic heterocycles. The third kappa shape index (κ3) is 4.18. The van der Waals surface area contributed by atoms with E-state index >= 15 is 0 Å². The summed E-state index contributed by atoms with van der Waals surface area (Å²) in [5.41, 5.74) is 1.65. The number of anilines is 1. The van der Waals surface area contributed by atoms with Crippen molar-refractivity contribution in [2.45, 2.75) is 18.7 Å². The first kappa shape index (κ1) is 16.2. The van der Waals surface area contributed by atoms with Crippen molar-refractivity contribution < 1.29 is 13.2 Å². The van der Waals surface area contributed by atoms with Gasteiger partial charge in [-0.25, -0.2) is 8.42 Å². The maximum absolute atomic E-state index is 12.3. The zero-order chi connectivity index (χ0) is 16.2. The van der Waals surface area contributed by atoms with E-state index < -0.39 is 15.8 Å². The number of benzene rings is 2. The largest absolute Gasteiger partial charge is 0.326 e. The average Bonchev–Trinajstić information content (AvgIpc) is 2.48. The predicted molar refractivity (Wildman–Crippen MR) is 87.5 cm³/mol. The van der Waals surface area contributed by atoms with Crippen LogP contribution in [0.4, 0.5) is 5.69 Å². The second-order valence-electron chi connectivity index (χ2n) is 5.35. The van der Waals surface area contributed by atoms with Crippen LogP contribution in [0, 0.1) is 12.8 Å². The van der Waals surface area contributed by atoms with Gasteiger partial charge in [0, 0.05) is 11.6 Å². The summed E-state index contributed by atoms with van der Waals surface area (Å²) in [5, 5.41) is 2.72. The summed E-state index contributed by atoms with van der Waals surface area (Å²) >= 11 is 0. The lowest BCUT2D eigenvalue weighted by atomic mass is 10.2. The SMILES string of the molecule is Cc1ccc(S(=O)(=O)CC(C)C(=O)Nc2ccccc2)cc1. The van der Waals surface area contributed by atoms with Gasteiger partial charge in [0.15, 0.2) is 9.84 Å². The Kier molecular flexibility index (Phi) is 4.98. The van der Waals surface area contributed by atoms with Gasteiger partial charge in [-0.3, -0.25) is 4.79 Å². The van der Waals surface area contributed by atoms with Crippen LogP contribution in [0.15, 0.2) is 59.5 Å². The standard InChI is InChI=1S/C17H19NO3S/c1-13-8-10-16(11-9-13)22(20,21)12-14(2)17(19)18-15-6-4-3-5-7-15/h3-11,14H,12H2,1-2H3,(H,18,19). The van der Waals surface area contributed by atoms with Crippen molar-refractivity contribution in [3.63, 3.8) is 0 Å². The van der Waals surface area contributed by atoms with E-state index in [9.17, 15) is 13.2 Å². The fourth-order valence-corrected chi connectivity index (χ4v) is 3.59. The molecule has 0 bridgehead atoms. The third-order valence-electron chi connectivity index (χ3n) is 3.34. The highest BCUT2D eigenvalue weighted by Crippen LogP contribution is 2.16. The minimum atomic E-state index is -3.47. The van der Waals surface area contributed by atoms with Crippen molar-refractivity contribution >= 4 is 21.4 Å². The minimum absolute atomic E-state index is 0.214. The van der Waals surface area contributed by atoms with Crippen LogP contribution in [0.3, 0.4) is 0 Å². The van der Waals surface area contributed by atoms with E-state index in [0.29, 0.717) is 5.69 Å². The predicted octanol–water partition coefficient (Wildman–Crippen LogP) is 3.04. The highest BCUT2D eigenvalue weighted by molar-refractivity contribution is 7.91. The van der Waals surface area contributed by atoms with Gasteiger partial charge in [-0.1, -0.05) is 42.8 Å². The Bertz CT molecular complexity index is 737. The quantitative estimate of drug-likeness (QED) is 0.922. The van der Waals surface area contributed by atoms with E-state index in [-0.39, 0.29) is 16.6 Å². The average molecular weight is 317 g/mol. The summed E-state index contributed by atoms with van der Waals surface area (Å²) in [7, 11) is -3.47. The van der Waals surface area contributed by atoms with Gasteiger partial charge >= 0.3 is 0 Å². The van der Waals surface area contributed by atoms with Crippen molar-refractivity contribution in [3.8, 4) is 0 Å². The van der Waals surface area contributed by atoms with Crippen molar-refractivity contribution in [3.05, 3.63) is 60.2 Å². The molecule has 0 radical (unpaired) electrons. The first-order chi connectivity index (χ1) is 10.4. The normalized spacial score (nSPS) is 12.6. The lowest BCUT2D eigenvalue weighted by molar-refractivity contribution is -0.118. The number of nitrogens with one attached hydrogen (secondary N) is 1. The highest BCUT2D eigenvalue weighted by atomic mass is 32.2. The van der Waals surface area contributed by atoms with Crippen molar-refractivity contribution in [2.24, 2.45) is 5.92 Å². The lowest BCUT2D eigenvalue weighted by Crippen LogP contribution is -2.27. The van der Waals surface area contributed by atoms with E-state index in [0.717, 1.165) is 5.56 Å². The van der Waals surface area contributed by atoms with Gasteiger partial charge in [0.1, 0.15) is 0 Å². The molecule has 2 aromatic carbocycles. The molecule has 1 amide bonds. The third-order valence-corrected chi connectivity index (χ3v) is 5.27. The number of aryl methyl sites for hydroxylation is 1. The zero-order valence-corrected chi connectivity index (χ0v) is 13.4. The monoisotopic (exact) mass is 317 g/mol. The molecule has 2 aromatic rings. The van der Waals surface area contributed by atoms with Crippen LogP contribution in [0.25, 0.3) is 0 Å². The van der Waals surface area contributed by atoms with Gasteiger partial charge in [-0.15, -0.1) is 0 Å². The Morgan fingerprint density at radius 1 is 1.05 bits per heavy atom. The molecule has 4 nitrogen and oxygen atoms in total. The molecule has 0 fully saturated rings. The van der Waals surface area contributed by atoms with E-state index in [1.165, 1.54) is 0 Å². The molecule has 0 saturated heterocycles. The summed E-state index contributed by atoms with van der Waals surface area (Å²) < 4.78 is 24.7. The smallest absolute Gasteiger partial charge is 0.228 e. The highest BCUT2D eigenvalue weighted by Gasteiger charge is 2.23. The number of rotatable bonds is 5. The number of para-hydroxylation sites is 1. The summed E-state index contributed by atoms with van der Waals surface area (Å²) in [4.78, 5) is 12.3. The Morgan fingerprint density at radius 2 is 1.64 bits per heavy atom. The molecule has 0 saturated carbocycles. The maximum Gasteiger partial charge on any atom is 0.228 e. The summed E-state index contributed by atoms with van der Waals surface area (Å²) in [5.74, 6) is -1.15. The first-order valence-corrected chi connectivity index (χ1v) is 8.69. The molecule has 0 heterocycles. The molecule has 5 heteroatoms. The number of sulfone groups is 1. The Labute approximate surface area is 131 Å². The molecule has 0 aliphatic rings. The van der Waals surface area contributed by atoms with Gasteiger partial charge in [0.2, 0.25) is 5.91 Å². The molecule has 116 valence electrons. The zero-order valence-electron chi connectivity index (χ0n) is 12.6. The Hall–Kier alpha value is -2.14. The summed E-state index contributed by atoms with van der Waals surface area (Å²) in [6, 6.07) is 15.6. The second-order valence-corrected chi connectivity index (χ2v) is 7.39. The van der Waals surface area contributed by atoms with Crippen LogP contribution in [0.2, 0.25) is 0 Å². The number of hydrogen-bond acceptors (Lipinski definition) is 3. The first-order valence-electron chi connectivity index (χ1n) is 7.04. The maximum atomic E-state index is 12.3. The van der Waals surface area contributed by atoms with Gasteiger partial charge in [-0.2, -0.15) is 0 Å². The number of hydrogen-bond donors (Lipinski definition) is 1. The summed E-state index contributed by atoms with van der Waals surface area (Å²) in [6.07, 6.45) is 0. The molecular formula is C17H19NO3S. The van der Waals surface area contributed by atoms with E-state index in [4.69, 9.17) is 0 Å². The van der Waals surface area contributed by atoms with Gasteiger partial charge in [0.25, 0.3) is 0 Å². The molecule has 0 aromatic heterocycles. The number of carbonyl (C=O) groups is 1. The topological polar surface area (TPSA) is 63.2 Å². The van der Waals surface area contributed by atoms with Crippen LogP contribution in [0.1, 0.15) is 12.5 Å². The summed E-state index contributed by atoms with van der Waals surface area (Å²) in [6.45, 7) is 3.51. The molecule has 0 spiro atoms. The van der Waals surface area contributed by atoms with Crippen molar-refractivity contribution in [1.29, 1.82) is 0 Å². The van der Waals surface area contributed by atoms with Crippen molar-refractivity contribution in [1.82, 2.24) is 0 Å². The van der Waals surface area contributed by atoms with Crippen LogP contribution < -0.4 is 5.32 Å². The Morgan fingerprint density at radius 3 is 2.23 bits per heavy atom. The number of amides is 1. The van der Waals surface area contributed by atoms with E-state index in [2.05, 4.69) is 5.32 Å². The van der Waals surface area contributed by atoms with Crippen molar-refractivity contribution in [2.75, 3.05) is 11.1 Å². The van der Waals surface area contributed by atoms with E-state index in [1.54, 1.807) is 43.3 Å².